The number of carboxylic acid groups (broad SMARTS) is 1. The first-order valence-corrected chi connectivity index (χ1v) is 4.15. The van der Waals surface area contributed by atoms with Crippen LogP contribution in [0.2, 0.25) is 0 Å². The summed E-state index contributed by atoms with van der Waals surface area (Å²) in [7, 11) is 0. The average molecular weight is 208 g/mol. The van der Waals surface area contributed by atoms with Gasteiger partial charge in [0.25, 0.3) is 0 Å². The van der Waals surface area contributed by atoms with Crippen molar-refractivity contribution in [1.82, 2.24) is 0 Å². The molecule has 0 atom stereocenters. The highest BCUT2D eigenvalue weighted by molar-refractivity contribution is 5.89. The fourth-order valence-corrected chi connectivity index (χ4v) is 0.800. The molecule has 1 aromatic rings. The van der Waals surface area contributed by atoms with Gasteiger partial charge in [-0.25, -0.2) is 9.59 Å². The van der Waals surface area contributed by atoms with Crippen LogP contribution in [0.1, 0.15) is 23.2 Å². The maximum absolute atomic E-state index is 10.8. The van der Waals surface area contributed by atoms with Crippen molar-refractivity contribution >= 4 is 11.9 Å². The second kappa shape index (κ2) is 4.86. The highest BCUT2D eigenvalue weighted by Crippen LogP contribution is 2.05. The molecule has 0 fully saturated rings. The van der Waals surface area contributed by atoms with Gasteiger partial charge in [0.1, 0.15) is 0 Å². The summed E-state index contributed by atoms with van der Waals surface area (Å²) >= 11 is 0. The average Bonchev–Trinajstić information content (AvgIpc) is 2.63. The van der Waals surface area contributed by atoms with Crippen LogP contribution in [0.5, 0.6) is 0 Å². The number of esters is 1. The molecule has 0 radical (unpaired) electrons. The number of carboxylic acids is 1. The molecule has 15 heavy (non-hydrogen) atoms. The predicted octanol–water partition coefficient (Wildman–Crippen LogP) is 0.892. The lowest BCUT2D eigenvalue weighted by molar-refractivity contribution is -0.136. The molecule has 0 saturated heterocycles. The van der Waals surface area contributed by atoms with E-state index in [0.29, 0.717) is 0 Å². The van der Waals surface area contributed by atoms with E-state index < -0.39 is 11.9 Å². The van der Waals surface area contributed by atoms with E-state index in [4.69, 9.17) is 9.52 Å². The van der Waals surface area contributed by atoms with Crippen molar-refractivity contribution in [3.63, 3.8) is 0 Å². The number of hydrogen-bond donors (Lipinski definition) is 1. The van der Waals surface area contributed by atoms with Gasteiger partial charge in [0.15, 0.2) is 5.76 Å². The molecule has 78 valence electrons. The lowest BCUT2D eigenvalue weighted by atomic mass is 10.4. The van der Waals surface area contributed by atoms with Gasteiger partial charge in [-0.15, -0.1) is 0 Å². The Morgan fingerprint density at radius 1 is 1.53 bits per heavy atom. The third-order valence-electron chi connectivity index (χ3n) is 1.38. The van der Waals surface area contributed by atoms with Crippen molar-refractivity contribution in [2.45, 2.75) is 6.92 Å². The minimum atomic E-state index is -1.18. The third kappa shape index (κ3) is 3.19. The molecule has 0 bridgehead atoms. The topological polar surface area (TPSA) is 76.7 Å². The monoisotopic (exact) mass is 208 g/mol. The summed E-state index contributed by atoms with van der Waals surface area (Å²) in [5.41, 5.74) is 0. The van der Waals surface area contributed by atoms with Crippen LogP contribution < -0.4 is 0 Å². The number of carbonyl (C=O) groups excluding carboxylic acids is 1. The zero-order valence-corrected chi connectivity index (χ0v) is 7.94. The van der Waals surface area contributed by atoms with Gasteiger partial charge in [0.05, 0.1) is 6.61 Å². The van der Waals surface area contributed by atoms with E-state index in [1.807, 2.05) is 0 Å². The standard InChI is InChI=1S/C10H8O5/c1-2-14-9(11)6-4-7-3-5-8(15-7)10(12)13/h3,5H,2H2,1H3,(H,12,13). The molecule has 1 heterocycles. The van der Waals surface area contributed by atoms with Crippen molar-refractivity contribution < 1.29 is 23.8 Å². The van der Waals surface area contributed by atoms with Crippen LogP contribution in [0, 0.1) is 11.8 Å². The fraction of sp³-hybridized carbons (Fsp3) is 0.200. The summed E-state index contributed by atoms with van der Waals surface area (Å²) in [6.07, 6.45) is 0. The zero-order chi connectivity index (χ0) is 11.3. The molecule has 0 amide bonds. The molecule has 0 aliphatic carbocycles. The Hall–Kier alpha value is -2.22. The number of furan rings is 1. The van der Waals surface area contributed by atoms with Crippen LogP contribution in [0.4, 0.5) is 0 Å². The highest BCUT2D eigenvalue weighted by atomic mass is 16.5. The fourth-order valence-electron chi connectivity index (χ4n) is 0.800. The van der Waals surface area contributed by atoms with Gasteiger partial charge in [-0.2, -0.15) is 0 Å². The minimum Gasteiger partial charge on any atom is -0.475 e. The van der Waals surface area contributed by atoms with Crippen molar-refractivity contribution in [2.75, 3.05) is 6.61 Å². The first-order chi connectivity index (χ1) is 7.13. The van der Waals surface area contributed by atoms with E-state index in [1.54, 1.807) is 6.92 Å². The molecule has 5 nitrogen and oxygen atoms in total. The van der Waals surface area contributed by atoms with E-state index in [0.717, 1.165) is 0 Å². The summed E-state index contributed by atoms with van der Waals surface area (Å²) in [6, 6.07) is 2.63. The van der Waals surface area contributed by atoms with Crippen LogP contribution in [0.25, 0.3) is 0 Å². The zero-order valence-electron chi connectivity index (χ0n) is 7.94. The first-order valence-electron chi connectivity index (χ1n) is 4.15. The molecule has 0 aromatic carbocycles. The molecule has 0 aliphatic heterocycles. The van der Waals surface area contributed by atoms with E-state index in [1.165, 1.54) is 12.1 Å². The Labute approximate surface area is 85.6 Å². The molecular formula is C10H8O5. The van der Waals surface area contributed by atoms with Crippen molar-refractivity contribution in [1.29, 1.82) is 0 Å². The van der Waals surface area contributed by atoms with Gasteiger partial charge >= 0.3 is 11.9 Å². The number of ether oxygens (including phenoxy) is 1. The number of aromatic carboxylic acids is 1. The molecule has 0 saturated carbocycles. The van der Waals surface area contributed by atoms with Crippen LogP contribution in [-0.2, 0) is 9.53 Å². The van der Waals surface area contributed by atoms with Gasteiger partial charge < -0.3 is 14.3 Å². The Morgan fingerprint density at radius 3 is 2.80 bits per heavy atom. The van der Waals surface area contributed by atoms with Crippen LogP contribution in [0.3, 0.4) is 0 Å². The molecule has 1 aromatic heterocycles. The van der Waals surface area contributed by atoms with Gasteiger partial charge in [0, 0.05) is 5.92 Å². The molecule has 1 N–H and O–H groups in total. The second-order valence-corrected chi connectivity index (χ2v) is 2.44. The molecule has 5 heteroatoms. The number of carbonyl (C=O) groups is 2. The van der Waals surface area contributed by atoms with Crippen LogP contribution in [-0.4, -0.2) is 23.7 Å². The van der Waals surface area contributed by atoms with E-state index in [-0.39, 0.29) is 18.1 Å². The Kier molecular flexibility index (Phi) is 3.52. The molecule has 0 aliphatic rings. The quantitative estimate of drug-likeness (QED) is 0.577. The Balaban J connectivity index is 2.72. The Morgan fingerprint density at radius 2 is 2.27 bits per heavy atom. The molecule has 0 spiro atoms. The number of rotatable bonds is 2. The summed E-state index contributed by atoms with van der Waals surface area (Å²) < 4.78 is 9.34. The summed E-state index contributed by atoms with van der Waals surface area (Å²) in [5, 5.41) is 8.53. The van der Waals surface area contributed by atoms with Crippen molar-refractivity contribution in [3.05, 3.63) is 23.7 Å². The van der Waals surface area contributed by atoms with E-state index in [2.05, 4.69) is 16.6 Å². The molecule has 1 rings (SSSR count). The summed E-state index contributed by atoms with van der Waals surface area (Å²) in [5.74, 6) is 2.54. The van der Waals surface area contributed by atoms with Gasteiger partial charge in [-0.1, -0.05) is 0 Å². The highest BCUT2D eigenvalue weighted by Gasteiger charge is 2.07. The van der Waals surface area contributed by atoms with Crippen molar-refractivity contribution in [2.24, 2.45) is 0 Å². The molecular weight excluding hydrogens is 200 g/mol. The summed E-state index contributed by atoms with van der Waals surface area (Å²) in [6.45, 7) is 1.90. The lowest BCUT2D eigenvalue weighted by Crippen LogP contribution is -1.99. The Bertz CT molecular complexity index is 432. The third-order valence-corrected chi connectivity index (χ3v) is 1.38. The number of hydrogen-bond acceptors (Lipinski definition) is 4. The van der Waals surface area contributed by atoms with Gasteiger partial charge in [-0.3, -0.25) is 0 Å². The van der Waals surface area contributed by atoms with E-state index >= 15 is 0 Å². The maximum atomic E-state index is 10.8. The first kappa shape index (κ1) is 10.9. The molecule has 0 unspecified atom stereocenters. The smallest absolute Gasteiger partial charge is 0.384 e. The van der Waals surface area contributed by atoms with Gasteiger partial charge in [0.2, 0.25) is 5.76 Å². The van der Waals surface area contributed by atoms with E-state index in [9.17, 15) is 9.59 Å². The summed E-state index contributed by atoms with van der Waals surface area (Å²) in [4.78, 5) is 21.2. The van der Waals surface area contributed by atoms with Crippen LogP contribution in [0.15, 0.2) is 16.5 Å². The van der Waals surface area contributed by atoms with Crippen molar-refractivity contribution in [3.8, 4) is 11.8 Å². The maximum Gasteiger partial charge on any atom is 0.384 e. The normalized spacial score (nSPS) is 8.87. The SMILES string of the molecule is CCOC(=O)C#Cc1ccc(C(=O)O)o1. The largest absolute Gasteiger partial charge is 0.475 e. The van der Waals surface area contributed by atoms with Gasteiger partial charge in [-0.05, 0) is 25.0 Å². The second-order valence-electron chi connectivity index (χ2n) is 2.44. The van der Waals surface area contributed by atoms with Crippen LogP contribution >= 0.6 is 0 Å². The lowest BCUT2D eigenvalue weighted by Gasteiger charge is -1.90. The minimum absolute atomic E-state index is 0.112. The predicted molar refractivity (Wildman–Crippen MR) is 49.2 cm³/mol.